The maximum atomic E-state index is 5.68. The van der Waals surface area contributed by atoms with E-state index in [1.165, 1.54) is 0 Å². The normalized spacial score (nSPS) is 9.71. The van der Waals surface area contributed by atoms with Crippen molar-refractivity contribution >= 4 is 11.4 Å². The molecule has 1 aromatic carbocycles. The van der Waals surface area contributed by atoms with Crippen molar-refractivity contribution in [1.82, 2.24) is 15.0 Å². The number of para-hydroxylation sites is 1. The summed E-state index contributed by atoms with van der Waals surface area (Å²) in [5.41, 5.74) is 12.4. The highest BCUT2D eigenvalue weighted by Gasteiger charge is 2.01. The van der Waals surface area contributed by atoms with Gasteiger partial charge in [-0.3, -0.25) is 15.0 Å². The summed E-state index contributed by atoms with van der Waals surface area (Å²) in [7, 11) is 0. The molecule has 0 fully saturated rings. The summed E-state index contributed by atoms with van der Waals surface area (Å²) in [5, 5.41) is 0. The van der Waals surface area contributed by atoms with Crippen molar-refractivity contribution in [2.24, 2.45) is 0 Å². The molecule has 0 unspecified atom stereocenters. The topological polar surface area (TPSA) is 109 Å². The molecule has 0 saturated heterocycles. The fourth-order valence-electron chi connectivity index (χ4n) is 2.12. The van der Waals surface area contributed by atoms with E-state index in [4.69, 9.17) is 20.9 Å². The molecule has 0 atom stereocenters. The van der Waals surface area contributed by atoms with E-state index in [-0.39, 0.29) is 0 Å². The zero-order valence-electron chi connectivity index (χ0n) is 15.0. The third-order valence-corrected chi connectivity index (χ3v) is 3.45. The minimum absolute atomic E-state index is 0.511. The Labute approximate surface area is 162 Å². The average molecular weight is 373 g/mol. The molecule has 140 valence electrons. The van der Waals surface area contributed by atoms with E-state index in [0.29, 0.717) is 28.6 Å². The van der Waals surface area contributed by atoms with Gasteiger partial charge >= 0.3 is 0 Å². The number of ether oxygens (including phenoxy) is 2. The first-order chi connectivity index (χ1) is 13.7. The van der Waals surface area contributed by atoms with Crippen molar-refractivity contribution in [3.63, 3.8) is 0 Å². The molecular weight excluding hydrogens is 354 g/mol. The number of rotatable bonds is 4. The molecule has 4 N–H and O–H groups in total. The van der Waals surface area contributed by atoms with E-state index in [2.05, 4.69) is 15.0 Å². The third-order valence-electron chi connectivity index (χ3n) is 3.45. The van der Waals surface area contributed by atoms with Crippen LogP contribution in [0.3, 0.4) is 0 Å². The minimum Gasteiger partial charge on any atom is -0.455 e. The Morgan fingerprint density at radius 3 is 1.61 bits per heavy atom. The largest absolute Gasteiger partial charge is 0.455 e. The predicted molar refractivity (Wildman–Crippen MR) is 108 cm³/mol. The van der Waals surface area contributed by atoms with E-state index in [1.807, 2.05) is 36.4 Å². The molecule has 0 bridgehead atoms. The van der Waals surface area contributed by atoms with Gasteiger partial charge in [-0.1, -0.05) is 18.2 Å². The van der Waals surface area contributed by atoms with Gasteiger partial charge in [0.25, 0.3) is 0 Å². The minimum atomic E-state index is 0.511. The zero-order chi connectivity index (χ0) is 19.6. The van der Waals surface area contributed by atoms with Crippen LogP contribution >= 0.6 is 0 Å². The van der Waals surface area contributed by atoms with Crippen molar-refractivity contribution < 1.29 is 9.47 Å². The smallest absolute Gasteiger partial charge is 0.153 e. The number of hydrogen-bond acceptors (Lipinski definition) is 7. The summed E-state index contributed by atoms with van der Waals surface area (Å²) < 4.78 is 11.0. The molecule has 7 heteroatoms. The number of nitrogens with two attached hydrogens (primary N) is 2. The highest BCUT2D eigenvalue weighted by atomic mass is 16.5. The van der Waals surface area contributed by atoms with E-state index < -0.39 is 0 Å². The molecule has 0 spiro atoms. The third kappa shape index (κ3) is 5.43. The Morgan fingerprint density at radius 1 is 0.536 bits per heavy atom. The van der Waals surface area contributed by atoms with Gasteiger partial charge in [-0.25, -0.2) is 0 Å². The molecule has 0 amide bonds. The van der Waals surface area contributed by atoms with Gasteiger partial charge in [0, 0.05) is 30.7 Å². The Kier molecular flexibility index (Phi) is 6.35. The van der Waals surface area contributed by atoms with Crippen molar-refractivity contribution in [2.75, 3.05) is 11.5 Å². The van der Waals surface area contributed by atoms with Gasteiger partial charge in [-0.2, -0.15) is 0 Å². The summed E-state index contributed by atoms with van der Waals surface area (Å²) in [5.74, 6) is 2.65. The molecule has 28 heavy (non-hydrogen) atoms. The Morgan fingerprint density at radius 2 is 1.07 bits per heavy atom. The summed E-state index contributed by atoms with van der Waals surface area (Å²) in [6, 6.07) is 16.6. The van der Waals surface area contributed by atoms with E-state index in [0.717, 1.165) is 5.75 Å². The van der Waals surface area contributed by atoms with Crippen molar-refractivity contribution in [2.45, 2.75) is 0 Å². The lowest BCUT2D eigenvalue weighted by atomic mass is 10.3. The monoisotopic (exact) mass is 373 g/mol. The average Bonchev–Trinajstić information content (AvgIpc) is 2.74. The molecule has 3 heterocycles. The van der Waals surface area contributed by atoms with Crippen LogP contribution in [-0.4, -0.2) is 15.0 Å². The fraction of sp³-hybridized carbons (Fsp3) is 0. The second-order valence-corrected chi connectivity index (χ2v) is 5.53. The van der Waals surface area contributed by atoms with Crippen LogP contribution in [0.25, 0.3) is 0 Å². The van der Waals surface area contributed by atoms with Crippen molar-refractivity contribution in [3.8, 4) is 23.0 Å². The second-order valence-electron chi connectivity index (χ2n) is 5.53. The molecular formula is C21H19N5O2. The molecule has 3 aromatic heterocycles. The first-order valence-corrected chi connectivity index (χ1v) is 8.42. The zero-order valence-corrected chi connectivity index (χ0v) is 15.0. The molecule has 0 aliphatic carbocycles. The van der Waals surface area contributed by atoms with Crippen LogP contribution in [0.2, 0.25) is 0 Å². The summed E-state index contributed by atoms with van der Waals surface area (Å²) >= 11 is 0. The highest BCUT2D eigenvalue weighted by molar-refractivity contribution is 5.52. The van der Waals surface area contributed by atoms with Gasteiger partial charge < -0.3 is 20.9 Å². The number of nitrogen functional groups attached to an aromatic ring is 2. The number of anilines is 2. The van der Waals surface area contributed by atoms with Gasteiger partial charge in [0.15, 0.2) is 11.5 Å². The number of nitrogens with zero attached hydrogens (tertiary/aromatic N) is 3. The first kappa shape index (κ1) is 18.7. The van der Waals surface area contributed by atoms with Crippen LogP contribution in [0, 0.1) is 0 Å². The molecule has 0 radical (unpaired) electrons. The van der Waals surface area contributed by atoms with Gasteiger partial charge in [-0.15, -0.1) is 0 Å². The standard InChI is InChI=1S/C11H10N2O.C10H9N3O/c12-10-8-13-7-6-11(10)14-9-4-2-1-3-5-9;11-9-7-13-5-3-10(9)14-8-2-1-4-12-6-8/h1-8H,12H2;1-7H,11H2. The highest BCUT2D eigenvalue weighted by Crippen LogP contribution is 2.26. The number of benzene rings is 1. The van der Waals surface area contributed by atoms with Gasteiger partial charge in [0.1, 0.15) is 11.5 Å². The van der Waals surface area contributed by atoms with Crippen LogP contribution in [-0.2, 0) is 0 Å². The SMILES string of the molecule is Nc1cnccc1Oc1ccccc1.Nc1cnccc1Oc1cccnc1. The van der Waals surface area contributed by atoms with Gasteiger partial charge in [-0.05, 0) is 24.3 Å². The summed E-state index contributed by atoms with van der Waals surface area (Å²) in [6.07, 6.45) is 9.70. The second kappa shape index (κ2) is 9.54. The number of hydrogen-bond donors (Lipinski definition) is 2. The van der Waals surface area contributed by atoms with Crippen LogP contribution < -0.4 is 20.9 Å². The molecule has 4 rings (SSSR count). The lowest BCUT2D eigenvalue weighted by Gasteiger charge is -2.06. The van der Waals surface area contributed by atoms with Crippen molar-refractivity contribution in [1.29, 1.82) is 0 Å². The van der Waals surface area contributed by atoms with E-state index in [9.17, 15) is 0 Å². The summed E-state index contributed by atoms with van der Waals surface area (Å²) in [4.78, 5) is 11.7. The van der Waals surface area contributed by atoms with Gasteiger partial charge in [0.2, 0.25) is 0 Å². The van der Waals surface area contributed by atoms with Crippen LogP contribution in [0.4, 0.5) is 11.4 Å². The molecule has 7 nitrogen and oxygen atoms in total. The number of aromatic nitrogens is 3. The maximum absolute atomic E-state index is 5.68. The lowest BCUT2D eigenvalue weighted by Crippen LogP contribution is -1.92. The Bertz CT molecular complexity index is 915. The lowest BCUT2D eigenvalue weighted by molar-refractivity contribution is 0.482. The first-order valence-electron chi connectivity index (χ1n) is 8.42. The molecule has 0 aliphatic rings. The Balaban J connectivity index is 0.000000161. The molecule has 4 aromatic rings. The molecule has 0 saturated carbocycles. The van der Waals surface area contributed by atoms with Crippen molar-refractivity contribution in [3.05, 3.63) is 91.8 Å². The predicted octanol–water partition coefficient (Wildman–Crippen LogP) is 4.31. The van der Waals surface area contributed by atoms with Gasteiger partial charge in [0.05, 0.1) is 30.0 Å². The fourth-order valence-corrected chi connectivity index (χ4v) is 2.12. The quantitative estimate of drug-likeness (QED) is 0.548. The molecule has 0 aliphatic heterocycles. The maximum Gasteiger partial charge on any atom is 0.153 e. The number of pyridine rings is 3. The van der Waals surface area contributed by atoms with Crippen LogP contribution in [0.1, 0.15) is 0 Å². The van der Waals surface area contributed by atoms with Crippen LogP contribution in [0.5, 0.6) is 23.0 Å². The van der Waals surface area contributed by atoms with E-state index in [1.54, 1.807) is 55.4 Å². The summed E-state index contributed by atoms with van der Waals surface area (Å²) in [6.45, 7) is 0. The Hall–Kier alpha value is -4.13. The van der Waals surface area contributed by atoms with E-state index >= 15 is 0 Å². The van der Waals surface area contributed by atoms with Crippen LogP contribution in [0.15, 0.2) is 91.8 Å².